The number of hydrogen-bond acceptors (Lipinski definition) is 4. The number of Topliss-reactive ketones (excluding diaryl/α,β-unsaturated/α-hetero) is 1. The maximum atomic E-state index is 12.0. The van der Waals surface area contributed by atoms with E-state index < -0.39 is 13.7 Å². The Balaban J connectivity index is 2.72. The van der Waals surface area contributed by atoms with Gasteiger partial charge in [0.2, 0.25) is 0 Å². The third-order valence-corrected chi connectivity index (χ3v) is 9.12. The van der Waals surface area contributed by atoms with E-state index in [0.29, 0.717) is 19.3 Å². The summed E-state index contributed by atoms with van der Waals surface area (Å²) in [5.74, 6) is -0.125. The Morgan fingerprint density at radius 3 is 2.00 bits per heavy atom. The van der Waals surface area contributed by atoms with E-state index in [2.05, 4.69) is 33.9 Å². The maximum Gasteiger partial charge on any atom is 0.311 e. The monoisotopic (exact) mass is 328 g/mol. The molecule has 0 aliphatic heterocycles. The van der Waals surface area contributed by atoms with Gasteiger partial charge in [0.05, 0.1) is 11.5 Å². The first-order chi connectivity index (χ1) is 9.72. The maximum absolute atomic E-state index is 12.0. The van der Waals surface area contributed by atoms with Gasteiger partial charge < -0.3 is 9.16 Å². The molecule has 0 N–H and O–H groups in total. The fourth-order valence-electron chi connectivity index (χ4n) is 2.15. The van der Waals surface area contributed by atoms with Crippen LogP contribution in [0.4, 0.5) is 0 Å². The number of esters is 1. The predicted octanol–water partition coefficient (Wildman–Crippen LogP) is 4.09. The summed E-state index contributed by atoms with van der Waals surface area (Å²) in [6.07, 6.45) is 0.914. The third-order valence-electron chi connectivity index (χ3n) is 4.59. The van der Waals surface area contributed by atoms with Gasteiger partial charge in [0.15, 0.2) is 8.32 Å². The first-order valence-corrected chi connectivity index (χ1v) is 11.0. The van der Waals surface area contributed by atoms with Gasteiger partial charge in [-0.05, 0) is 38.9 Å². The summed E-state index contributed by atoms with van der Waals surface area (Å²) >= 11 is 0. The summed E-state index contributed by atoms with van der Waals surface area (Å²) in [7, 11) is -1.92. The second-order valence-corrected chi connectivity index (χ2v) is 13.7. The summed E-state index contributed by atoms with van der Waals surface area (Å²) in [5, 5.41) is 0.102. The molecular formula is C17H32O4Si. The molecule has 0 radical (unpaired) electrons. The summed E-state index contributed by atoms with van der Waals surface area (Å²) in [4.78, 5) is 24.0. The van der Waals surface area contributed by atoms with Crippen LogP contribution in [0.3, 0.4) is 0 Å². The first kappa shape index (κ1) is 19.4. The van der Waals surface area contributed by atoms with Gasteiger partial charge in [-0.2, -0.15) is 0 Å². The molecule has 2 atom stereocenters. The van der Waals surface area contributed by atoms with Crippen LogP contribution in [0, 0.1) is 5.41 Å². The largest absolute Gasteiger partial charge is 0.461 e. The molecule has 1 rings (SSSR count). The summed E-state index contributed by atoms with van der Waals surface area (Å²) in [5.41, 5.74) is -0.545. The predicted molar refractivity (Wildman–Crippen MR) is 90.3 cm³/mol. The molecule has 0 saturated heterocycles. The molecule has 128 valence electrons. The van der Waals surface area contributed by atoms with E-state index in [-0.39, 0.29) is 29.0 Å². The molecule has 0 bridgehead atoms. The summed E-state index contributed by atoms with van der Waals surface area (Å²) in [6.45, 7) is 16.4. The molecule has 1 saturated carbocycles. The number of carbonyl (C=O) groups excluding carboxylic acids is 2. The van der Waals surface area contributed by atoms with Gasteiger partial charge in [-0.1, -0.05) is 20.8 Å². The highest BCUT2D eigenvalue weighted by Gasteiger charge is 2.42. The number of ketones is 1. The highest BCUT2D eigenvalue weighted by Crippen LogP contribution is 2.39. The van der Waals surface area contributed by atoms with E-state index in [1.165, 1.54) is 0 Å². The van der Waals surface area contributed by atoms with Crippen molar-refractivity contribution in [3.8, 4) is 0 Å². The molecule has 1 aliphatic carbocycles. The van der Waals surface area contributed by atoms with Crippen LogP contribution < -0.4 is 0 Å². The van der Waals surface area contributed by atoms with Gasteiger partial charge in [0.1, 0.15) is 11.9 Å². The van der Waals surface area contributed by atoms with Gasteiger partial charge in [-0.15, -0.1) is 0 Å². The molecule has 0 aromatic rings. The molecule has 0 unspecified atom stereocenters. The third kappa shape index (κ3) is 5.20. The standard InChI is InChI=1S/C17H32O4Si/c1-16(2,3)15(19)20-13-9-12(18)10-14(11-13)21-22(7,8)17(4,5)6/h13-14H,9-11H2,1-8H3/t13-,14-/m1/s1. The Labute approximate surface area is 136 Å². The van der Waals surface area contributed by atoms with Crippen molar-refractivity contribution in [3.63, 3.8) is 0 Å². The van der Waals surface area contributed by atoms with Gasteiger partial charge in [-0.3, -0.25) is 9.59 Å². The zero-order chi connectivity index (χ0) is 17.3. The lowest BCUT2D eigenvalue weighted by Gasteiger charge is -2.41. The molecular weight excluding hydrogens is 296 g/mol. The van der Waals surface area contributed by atoms with E-state index in [4.69, 9.17) is 9.16 Å². The Bertz CT molecular complexity index is 429. The number of rotatable bonds is 3. The fraction of sp³-hybridized carbons (Fsp3) is 0.882. The Hall–Kier alpha value is -0.683. The van der Waals surface area contributed by atoms with E-state index >= 15 is 0 Å². The molecule has 5 heteroatoms. The molecule has 0 aromatic carbocycles. The SMILES string of the molecule is CC(C)(C)C(=O)O[C@@H]1CC(=O)C[C@@H](O[Si](C)(C)C(C)(C)C)C1. The first-order valence-electron chi connectivity index (χ1n) is 8.13. The van der Waals surface area contributed by atoms with Crippen molar-refractivity contribution in [2.75, 3.05) is 0 Å². The van der Waals surface area contributed by atoms with E-state index in [1.807, 2.05) is 20.8 Å². The van der Waals surface area contributed by atoms with Crippen molar-refractivity contribution in [1.82, 2.24) is 0 Å². The smallest absolute Gasteiger partial charge is 0.311 e. The van der Waals surface area contributed by atoms with Crippen molar-refractivity contribution in [2.24, 2.45) is 5.41 Å². The van der Waals surface area contributed by atoms with Crippen LogP contribution in [0.2, 0.25) is 18.1 Å². The molecule has 1 fully saturated rings. The van der Waals surface area contributed by atoms with Crippen molar-refractivity contribution >= 4 is 20.1 Å². The minimum absolute atomic E-state index is 0.102. The highest BCUT2D eigenvalue weighted by molar-refractivity contribution is 6.74. The van der Waals surface area contributed by atoms with E-state index in [9.17, 15) is 9.59 Å². The van der Waals surface area contributed by atoms with Crippen LogP contribution in [-0.4, -0.2) is 32.3 Å². The van der Waals surface area contributed by atoms with Crippen molar-refractivity contribution < 1.29 is 18.8 Å². The zero-order valence-corrected chi connectivity index (χ0v) is 16.4. The van der Waals surface area contributed by atoms with Crippen LogP contribution in [0.1, 0.15) is 60.8 Å². The lowest BCUT2D eigenvalue weighted by atomic mass is 9.92. The van der Waals surface area contributed by atoms with Crippen LogP contribution in [0.25, 0.3) is 0 Å². The van der Waals surface area contributed by atoms with Gasteiger partial charge in [0.25, 0.3) is 0 Å². The molecule has 0 spiro atoms. The zero-order valence-electron chi connectivity index (χ0n) is 15.4. The summed E-state index contributed by atoms with van der Waals surface area (Å²) < 4.78 is 11.9. The van der Waals surface area contributed by atoms with Crippen LogP contribution >= 0.6 is 0 Å². The lowest BCUT2D eigenvalue weighted by Crippen LogP contribution is -2.47. The van der Waals surface area contributed by atoms with Gasteiger partial charge >= 0.3 is 5.97 Å². The highest BCUT2D eigenvalue weighted by atomic mass is 28.4. The number of ether oxygens (including phenoxy) is 1. The average molecular weight is 329 g/mol. The van der Waals surface area contributed by atoms with Crippen molar-refractivity contribution in [2.45, 2.75) is 91.1 Å². The van der Waals surface area contributed by atoms with Crippen LogP contribution in [0.5, 0.6) is 0 Å². The Kier molecular flexibility index (Phi) is 5.67. The lowest BCUT2D eigenvalue weighted by molar-refractivity contribution is -0.162. The van der Waals surface area contributed by atoms with Gasteiger partial charge in [-0.25, -0.2) is 0 Å². The second kappa shape index (κ2) is 6.44. The minimum atomic E-state index is -1.92. The van der Waals surface area contributed by atoms with E-state index in [0.717, 1.165) is 0 Å². The van der Waals surface area contributed by atoms with Gasteiger partial charge in [0, 0.05) is 19.3 Å². The molecule has 4 nitrogen and oxygen atoms in total. The fourth-order valence-corrected chi connectivity index (χ4v) is 3.52. The molecule has 0 heterocycles. The minimum Gasteiger partial charge on any atom is -0.461 e. The topological polar surface area (TPSA) is 52.6 Å². The quantitative estimate of drug-likeness (QED) is 0.578. The van der Waals surface area contributed by atoms with Crippen LogP contribution in [-0.2, 0) is 18.8 Å². The number of carbonyl (C=O) groups is 2. The molecule has 0 amide bonds. The van der Waals surface area contributed by atoms with Crippen LogP contribution in [0.15, 0.2) is 0 Å². The Morgan fingerprint density at radius 1 is 1.05 bits per heavy atom. The normalized spacial score (nSPS) is 24.3. The average Bonchev–Trinajstić information content (AvgIpc) is 2.23. The molecule has 22 heavy (non-hydrogen) atoms. The molecule has 1 aliphatic rings. The summed E-state index contributed by atoms with van der Waals surface area (Å²) in [6, 6.07) is 0. The van der Waals surface area contributed by atoms with Crippen molar-refractivity contribution in [1.29, 1.82) is 0 Å². The number of hydrogen-bond donors (Lipinski definition) is 0. The van der Waals surface area contributed by atoms with Crippen molar-refractivity contribution in [3.05, 3.63) is 0 Å². The van der Waals surface area contributed by atoms with E-state index in [1.54, 1.807) is 0 Å². The molecule has 0 aromatic heterocycles. The Morgan fingerprint density at radius 2 is 1.55 bits per heavy atom. The second-order valence-electron chi connectivity index (χ2n) is 8.96.